The normalized spacial score (nSPS) is 13.0. The largest absolute Gasteiger partial charge is 0.339 e. The molecule has 6 heteroatoms. The molecule has 0 saturated heterocycles. The lowest BCUT2D eigenvalue weighted by Gasteiger charge is -2.11. The Balaban J connectivity index is 2.40. The lowest BCUT2D eigenvalue weighted by Crippen LogP contribution is -2.10. The van der Waals surface area contributed by atoms with Gasteiger partial charge in [0.1, 0.15) is 22.4 Å². The Morgan fingerprint density at radius 2 is 2.24 bits per heavy atom. The van der Waals surface area contributed by atoms with E-state index in [0.717, 1.165) is 5.52 Å². The molecule has 0 amide bonds. The molecule has 0 aliphatic heterocycles. The Hall–Kier alpha value is -1.98. The number of H-pyrrole nitrogens is 1. The van der Waals surface area contributed by atoms with Crippen molar-refractivity contribution in [3.05, 3.63) is 47.1 Å². The second-order valence-corrected chi connectivity index (χ2v) is 5.32. The first-order chi connectivity index (χ1) is 10.0. The molecule has 21 heavy (non-hydrogen) atoms. The number of aryl methyl sites for hydroxylation is 1. The number of nitrogens with two attached hydrogens (primary N) is 1. The minimum absolute atomic E-state index is 0.303. The van der Waals surface area contributed by atoms with Gasteiger partial charge in [-0.2, -0.15) is 0 Å². The zero-order valence-corrected chi connectivity index (χ0v) is 12.2. The van der Waals surface area contributed by atoms with Gasteiger partial charge in [-0.15, -0.1) is 6.58 Å². The number of rotatable bonds is 3. The minimum atomic E-state index is -0.366. The van der Waals surface area contributed by atoms with E-state index in [4.69, 9.17) is 17.3 Å². The number of hydrogen-bond acceptors (Lipinski definition) is 3. The maximum atomic E-state index is 13.9. The number of nitrogens with zero attached hydrogens (tertiary/aromatic N) is 2. The van der Waals surface area contributed by atoms with Gasteiger partial charge >= 0.3 is 0 Å². The van der Waals surface area contributed by atoms with Crippen LogP contribution in [-0.4, -0.2) is 15.0 Å². The number of halogens is 2. The van der Waals surface area contributed by atoms with Crippen LogP contribution in [0.2, 0.25) is 5.15 Å². The zero-order valence-electron chi connectivity index (χ0n) is 11.5. The predicted molar refractivity (Wildman–Crippen MR) is 82.8 cm³/mol. The van der Waals surface area contributed by atoms with Gasteiger partial charge in [0.15, 0.2) is 0 Å². The number of nitrogens with one attached hydrogen (secondary N) is 1. The summed E-state index contributed by atoms with van der Waals surface area (Å²) in [5.41, 5.74) is 8.10. The van der Waals surface area contributed by atoms with Gasteiger partial charge < -0.3 is 10.7 Å². The molecule has 0 saturated carbocycles. The molecule has 3 rings (SSSR count). The van der Waals surface area contributed by atoms with Gasteiger partial charge in [-0.25, -0.2) is 14.4 Å². The molecule has 4 nitrogen and oxygen atoms in total. The van der Waals surface area contributed by atoms with Crippen LogP contribution in [0.3, 0.4) is 0 Å². The lowest BCUT2D eigenvalue weighted by molar-refractivity contribution is 0.622. The van der Waals surface area contributed by atoms with Crippen LogP contribution >= 0.6 is 11.6 Å². The quantitative estimate of drug-likeness (QED) is 0.571. The van der Waals surface area contributed by atoms with E-state index in [1.807, 2.05) is 0 Å². The Morgan fingerprint density at radius 1 is 1.48 bits per heavy atom. The number of aromatic nitrogens is 3. The Labute approximate surface area is 125 Å². The highest BCUT2D eigenvalue weighted by molar-refractivity contribution is 6.36. The highest BCUT2D eigenvalue weighted by atomic mass is 35.5. The van der Waals surface area contributed by atoms with Crippen molar-refractivity contribution in [2.75, 3.05) is 0 Å². The summed E-state index contributed by atoms with van der Waals surface area (Å²) >= 11 is 6.19. The monoisotopic (exact) mass is 304 g/mol. The third-order valence-corrected chi connectivity index (χ3v) is 3.72. The highest BCUT2D eigenvalue weighted by Crippen LogP contribution is 2.34. The molecule has 2 aromatic heterocycles. The first-order valence-electron chi connectivity index (χ1n) is 6.52. The number of fused-ring (bicyclic) bond motifs is 3. The van der Waals surface area contributed by atoms with Crippen molar-refractivity contribution in [3.8, 4) is 0 Å². The van der Waals surface area contributed by atoms with Gasteiger partial charge in [-0.1, -0.05) is 17.7 Å². The molecular weight excluding hydrogens is 291 g/mol. The molecule has 0 spiro atoms. The topological polar surface area (TPSA) is 67.6 Å². The van der Waals surface area contributed by atoms with Gasteiger partial charge in [0.05, 0.1) is 10.9 Å². The van der Waals surface area contributed by atoms with Crippen molar-refractivity contribution in [3.63, 3.8) is 0 Å². The first kappa shape index (κ1) is 14.0. The molecular formula is C15H14ClFN4. The molecule has 1 unspecified atom stereocenters. The summed E-state index contributed by atoms with van der Waals surface area (Å²) in [5.74, 6) is 0.186. The van der Waals surface area contributed by atoms with E-state index in [1.165, 1.54) is 12.1 Å². The van der Waals surface area contributed by atoms with Crippen molar-refractivity contribution < 1.29 is 4.39 Å². The van der Waals surface area contributed by atoms with E-state index in [-0.39, 0.29) is 11.9 Å². The summed E-state index contributed by atoms with van der Waals surface area (Å²) in [6.45, 7) is 5.42. The predicted octanol–water partition coefficient (Wildman–Crippen LogP) is 3.79. The maximum Gasteiger partial charge on any atom is 0.143 e. The Kier molecular flexibility index (Phi) is 3.39. The molecule has 3 aromatic rings. The molecule has 3 N–H and O–H groups in total. The lowest BCUT2D eigenvalue weighted by atomic mass is 10.0. The highest BCUT2D eigenvalue weighted by Gasteiger charge is 2.17. The number of aromatic amines is 1. The summed E-state index contributed by atoms with van der Waals surface area (Å²) in [5, 5.41) is 1.56. The maximum absolute atomic E-state index is 13.9. The molecule has 0 bridgehead atoms. The number of hydrogen-bond donors (Lipinski definition) is 2. The average Bonchev–Trinajstić information content (AvgIpc) is 2.75. The smallest absolute Gasteiger partial charge is 0.143 e. The van der Waals surface area contributed by atoms with Crippen LogP contribution < -0.4 is 5.73 Å². The molecule has 2 heterocycles. The van der Waals surface area contributed by atoms with Crippen molar-refractivity contribution in [2.24, 2.45) is 5.73 Å². The van der Waals surface area contributed by atoms with E-state index >= 15 is 0 Å². The fraction of sp³-hybridized carbons (Fsp3) is 0.200. The summed E-state index contributed by atoms with van der Waals surface area (Å²) < 4.78 is 13.9. The van der Waals surface area contributed by atoms with Gasteiger partial charge in [-0.3, -0.25) is 0 Å². The fourth-order valence-corrected chi connectivity index (χ4v) is 2.86. The van der Waals surface area contributed by atoms with Crippen LogP contribution in [0.4, 0.5) is 4.39 Å². The first-order valence-corrected chi connectivity index (χ1v) is 6.90. The second-order valence-electron chi connectivity index (χ2n) is 4.96. The molecule has 0 radical (unpaired) electrons. The Bertz CT molecular complexity index is 856. The Morgan fingerprint density at radius 3 is 2.95 bits per heavy atom. The van der Waals surface area contributed by atoms with Crippen LogP contribution in [0.25, 0.3) is 21.9 Å². The average molecular weight is 305 g/mol. The van der Waals surface area contributed by atoms with Crippen LogP contribution in [0.5, 0.6) is 0 Å². The van der Waals surface area contributed by atoms with Gasteiger partial charge in [-0.05, 0) is 31.0 Å². The second kappa shape index (κ2) is 5.09. The van der Waals surface area contributed by atoms with Crippen LogP contribution in [0, 0.1) is 12.7 Å². The summed E-state index contributed by atoms with van der Waals surface area (Å²) in [6, 6.07) is 2.50. The number of benzene rings is 1. The van der Waals surface area contributed by atoms with Crippen molar-refractivity contribution >= 4 is 33.5 Å². The van der Waals surface area contributed by atoms with Gasteiger partial charge in [0, 0.05) is 11.4 Å². The summed E-state index contributed by atoms with van der Waals surface area (Å²) in [6.07, 6.45) is 2.26. The minimum Gasteiger partial charge on any atom is -0.339 e. The summed E-state index contributed by atoms with van der Waals surface area (Å²) in [7, 11) is 0. The molecule has 108 valence electrons. The zero-order chi connectivity index (χ0) is 15.1. The van der Waals surface area contributed by atoms with E-state index in [0.29, 0.717) is 39.4 Å². The standard InChI is InChI=1S/C15H14ClFN4/c1-3-4-11(18)9-5-8(17)6-10-12-14(16)19-7(2)20-15(12)21-13(9)10/h3,5-6,11H,1,4,18H2,2H3,(H,19,20,21). The van der Waals surface area contributed by atoms with Gasteiger partial charge in [0.25, 0.3) is 0 Å². The van der Waals surface area contributed by atoms with Crippen molar-refractivity contribution in [1.82, 2.24) is 15.0 Å². The molecule has 0 aliphatic carbocycles. The molecule has 1 atom stereocenters. The molecule has 0 fully saturated rings. The van der Waals surface area contributed by atoms with Gasteiger partial charge in [0.2, 0.25) is 0 Å². The van der Waals surface area contributed by atoms with Crippen LogP contribution in [0.15, 0.2) is 24.8 Å². The SMILES string of the molecule is C=CCC(N)c1cc(F)cc2c1[nH]c1nc(C)nc(Cl)c12. The van der Waals surface area contributed by atoms with E-state index in [2.05, 4.69) is 21.5 Å². The van der Waals surface area contributed by atoms with Crippen LogP contribution in [0.1, 0.15) is 23.9 Å². The van der Waals surface area contributed by atoms with Crippen molar-refractivity contribution in [1.29, 1.82) is 0 Å². The van der Waals surface area contributed by atoms with E-state index < -0.39 is 0 Å². The molecule has 1 aromatic carbocycles. The third-order valence-electron chi connectivity index (χ3n) is 3.44. The van der Waals surface area contributed by atoms with E-state index in [1.54, 1.807) is 13.0 Å². The summed E-state index contributed by atoms with van der Waals surface area (Å²) in [4.78, 5) is 11.6. The van der Waals surface area contributed by atoms with Crippen LogP contribution in [-0.2, 0) is 0 Å². The fourth-order valence-electron chi connectivity index (χ4n) is 2.55. The van der Waals surface area contributed by atoms with E-state index in [9.17, 15) is 4.39 Å². The van der Waals surface area contributed by atoms with Crippen molar-refractivity contribution in [2.45, 2.75) is 19.4 Å². The third kappa shape index (κ3) is 2.28. The molecule has 0 aliphatic rings.